The molecule has 19 heavy (non-hydrogen) atoms. The van der Waals surface area contributed by atoms with Crippen LogP contribution in [-0.2, 0) is 11.2 Å². The van der Waals surface area contributed by atoms with Gasteiger partial charge in [0.15, 0.2) is 0 Å². The molecule has 1 aliphatic rings. The maximum atomic E-state index is 12.3. The predicted octanol–water partition coefficient (Wildman–Crippen LogP) is 1.10. The van der Waals surface area contributed by atoms with Crippen LogP contribution in [0.3, 0.4) is 0 Å². The number of hydrogen-bond donors (Lipinski definition) is 2. The van der Waals surface area contributed by atoms with Crippen molar-refractivity contribution >= 4 is 5.91 Å². The fourth-order valence-electron chi connectivity index (χ4n) is 2.78. The molecular weight excluding hydrogens is 240 g/mol. The van der Waals surface area contributed by atoms with E-state index in [9.17, 15) is 9.90 Å². The highest BCUT2D eigenvalue weighted by atomic mass is 16.3. The first-order chi connectivity index (χ1) is 9.04. The smallest absolute Gasteiger partial charge is 0.237 e. The summed E-state index contributed by atoms with van der Waals surface area (Å²) in [6, 6.07) is 7.46. The molecule has 104 valence electrons. The quantitative estimate of drug-likeness (QED) is 0.854. The number of nitrogens with one attached hydrogen (secondary N) is 1. The lowest BCUT2D eigenvalue weighted by Gasteiger charge is -2.25. The number of nitrogens with zero attached hydrogens (tertiary/aromatic N) is 1. The standard InChI is InChI=1S/C15H22N2O2/c1-4-12(17(2)3)15(19)16-14-11-8-6-5-7-10(11)9-13(14)18/h5-8,12-14,18H,4,9H2,1-3H3,(H,16,19)/t12?,13-,14+/m1/s1. The molecule has 1 aromatic rings. The zero-order valence-electron chi connectivity index (χ0n) is 11.8. The van der Waals surface area contributed by atoms with Gasteiger partial charge in [0.2, 0.25) is 5.91 Å². The molecule has 2 N–H and O–H groups in total. The van der Waals surface area contributed by atoms with E-state index in [2.05, 4.69) is 5.32 Å². The Hall–Kier alpha value is -1.39. The van der Waals surface area contributed by atoms with Gasteiger partial charge in [0.1, 0.15) is 0 Å². The Bertz CT molecular complexity index is 459. The summed E-state index contributed by atoms with van der Waals surface area (Å²) in [6.45, 7) is 1.99. The minimum Gasteiger partial charge on any atom is -0.390 e. The van der Waals surface area contributed by atoms with Gasteiger partial charge in [-0.3, -0.25) is 9.69 Å². The first-order valence-corrected chi connectivity index (χ1v) is 6.77. The normalized spacial score (nSPS) is 23.2. The highest BCUT2D eigenvalue weighted by Gasteiger charge is 2.33. The molecule has 0 bridgehead atoms. The summed E-state index contributed by atoms with van der Waals surface area (Å²) in [4.78, 5) is 14.2. The second-order valence-electron chi connectivity index (χ2n) is 5.34. The monoisotopic (exact) mass is 262 g/mol. The van der Waals surface area contributed by atoms with E-state index in [0.717, 1.165) is 17.5 Å². The largest absolute Gasteiger partial charge is 0.390 e. The lowest BCUT2D eigenvalue weighted by Crippen LogP contribution is -2.46. The molecule has 3 atom stereocenters. The van der Waals surface area contributed by atoms with Gasteiger partial charge >= 0.3 is 0 Å². The highest BCUT2D eigenvalue weighted by Crippen LogP contribution is 2.31. The average Bonchev–Trinajstić information content (AvgIpc) is 2.66. The second kappa shape index (κ2) is 5.72. The van der Waals surface area contributed by atoms with Gasteiger partial charge in [-0.15, -0.1) is 0 Å². The van der Waals surface area contributed by atoms with Crippen LogP contribution in [0.2, 0.25) is 0 Å². The fourth-order valence-corrected chi connectivity index (χ4v) is 2.78. The molecule has 0 saturated heterocycles. The van der Waals surface area contributed by atoms with Crippen molar-refractivity contribution in [1.82, 2.24) is 10.2 Å². The van der Waals surface area contributed by atoms with Crippen molar-refractivity contribution in [1.29, 1.82) is 0 Å². The first-order valence-electron chi connectivity index (χ1n) is 6.77. The van der Waals surface area contributed by atoms with Crippen LogP contribution in [0.15, 0.2) is 24.3 Å². The zero-order chi connectivity index (χ0) is 14.0. The van der Waals surface area contributed by atoms with Crippen LogP contribution in [0.5, 0.6) is 0 Å². The summed E-state index contributed by atoms with van der Waals surface area (Å²) >= 11 is 0. The predicted molar refractivity (Wildman–Crippen MR) is 74.8 cm³/mol. The molecule has 0 aromatic heterocycles. The van der Waals surface area contributed by atoms with Gasteiger partial charge in [-0.1, -0.05) is 31.2 Å². The van der Waals surface area contributed by atoms with Gasteiger partial charge in [-0.25, -0.2) is 0 Å². The van der Waals surface area contributed by atoms with Crippen molar-refractivity contribution in [3.05, 3.63) is 35.4 Å². The van der Waals surface area contributed by atoms with E-state index in [1.807, 2.05) is 50.2 Å². The molecule has 0 fully saturated rings. The third-order valence-electron chi connectivity index (χ3n) is 3.81. The molecule has 1 aliphatic carbocycles. The van der Waals surface area contributed by atoms with E-state index in [0.29, 0.717) is 6.42 Å². The number of rotatable bonds is 4. The number of aliphatic hydroxyl groups is 1. The highest BCUT2D eigenvalue weighted by molar-refractivity contribution is 5.82. The zero-order valence-corrected chi connectivity index (χ0v) is 11.8. The Labute approximate surface area is 114 Å². The molecule has 0 saturated carbocycles. The van der Waals surface area contributed by atoms with Crippen LogP contribution < -0.4 is 5.32 Å². The van der Waals surface area contributed by atoms with Crippen molar-refractivity contribution in [3.63, 3.8) is 0 Å². The molecular formula is C15H22N2O2. The Morgan fingerprint density at radius 1 is 1.47 bits per heavy atom. The molecule has 1 aromatic carbocycles. The Morgan fingerprint density at radius 3 is 2.79 bits per heavy atom. The van der Waals surface area contributed by atoms with Crippen LogP contribution in [0.4, 0.5) is 0 Å². The van der Waals surface area contributed by atoms with Crippen LogP contribution >= 0.6 is 0 Å². The second-order valence-corrected chi connectivity index (χ2v) is 5.34. The van der Waals surface area contributed by atoms with Gasteiger partial charge in [0.25, 0.3) is 0 Å². The van der Waals surface area contributed by atoms with E-state index >= 15 is 0 Å². The third-order valence-corrected chi connectivity index (χ3v) is 3.81. The molecule has 4 heteroatoms. The van der Waals surface area contributed by atoms with Crippen molar-refractivity contribution < 1.29 is 9.90 Å². The number of benzene rings is 1. The Kier molecular flexibility index (Phi) is 4.22. The summed E-state index contributed by atoms with van der Waals surface area (Å²) in [5, 5.41) is 13.1. The van der Waals surface area contributed by atoms with E-state index in [1.54, 1.807) is 0 Å². The summed E-state index contributed by atoms with van der Waals surface area (Å²) in [7, 11) is 3.79. The number of carbonyl (C=O) groups excluding carboxylic acids is 1. The number of fused-ring (bicyclic) bond motifs is 1. The average molecular weight is 262 g/mol. The van der Waals surface area contributed by atoms with E-state index in [4.69, 9.17) is 0 Å². The molecule has 0 spiro atoms. The molecule has 4 nitrogen and oxygen atoms in total. The van der Waals surface area contributed by atoms with Crippen LogP contribution in [0, 0.1) is 0 Å². The molecule has 0 aliphatic heterocycles. The van der Waals surface area contributed by atoms with Crippen molar-refractivity contribution in [2.75, 3.05) is 14.1 Å². The SMILES string of the molecule is CCC(C(=O)N[C@H]1c2ccccc2C[C@H]1O)N(C)C. The maximum Gasteiger partial charge on any atom is 0.237 e. The Balaban J connectivity index is 2.13. The van der Waals surface area contributed by atoms with Gasteiger partial charge in [-0.2, -0.15) is 0 Å². The van der Waals surface area contributed by atoms with E-state index in [-0.39, 0.29) is 18.0 Å². The van der Waals surface area contributed by atoms with Crippen molar-refractivity contribution in [2.45, 2.75) is 38.0 Å². The lowest BCUT2D eigenvalue weighted by atomic mass is 10.1. The van der Waals surface area contributed by atoms with Gasteiger partial charge in [-0.05, 0) is 31.6 Å². The van der Waals surface area contributed by atoms with Crippen LogP contribution in [0.25, 0.3) is 0 Å². The molecule has 1 amide bonds. The van der Waals surface area contributed by atoms with Crippen LogP contribution in [-0.4, -0.2) is 42.2 Å². The fraction of sp³-hybridized carbons (Fsp3) is 0.533. The topological polar surface area (TPSA) is 52.6 Å². The lowest BCUT2D eigenvalue weighted by molar-refractivity contribution is -0.127. The number of hydrogen-bond acceptors (Lipinski definition) is 3. The molecule has 1 unspecified atom stereocenters. The molecule has 0 radical (unpaired) electrons. The summed E-state index contributed by atoms with van der Waals surface area (Å²) in [5.74, 6) is -0.0201. The minimum absolute atomic E-state index is 0.0201. The van der Waals surface area contributed by atoms with Gasteiger partial charge < -0.3 is 10.4 Å². The number of amides is 1. The minimum atomic E-state index is -0.527. The van der Waals surface area contributed by atoms with Gasteiger partial charge in [0, 0.05) is 6.42 Å². The summed E-state index contributed by atoms with van der Waals surface area (Å²) in [6.07, 6.45) is 0.837. The Morgan fingerprint density at radius 2 is 2.16 bits per heavy atom. The maximum absolute atomic E-state index is 12.3. The summed E-state index contributed by atoms with van der Waals surface area (Å²) in [5.41, 5.74) is 2.16. The van der Waals surface area contributed by atoms with Gasteiger partial charge in [0.05, 0.1) is 18.2 Å². The number of carbonyl (C=O) groups is 1. The number of aliphatic hydroxyl groups excluding tert-OH is 1. The molecule has 0 heterocycles. The first kappa shape index (κ1) is 14.0. The van der Waals surface area contributed by atoms with Crippen molar-refractivity contribution in [3.8, 4) is 0 Å². The van der Waals surface area contributed by atoms with Crippen LogP contribution in [0.1, 0.15) is 30.5 Å². The van der Waals surface area contributed by atoms with E-state index < -0.39 is 6.10 Å². The van der Waals surface area contributed by atoms with Crippen molar-refractivity contribution in [2.24, 2.45) is 0 Å². The number of likely N-dealkylation sites (N-methyl/N-ethyl adjacent to an activating group) is 1. The van der Waals surface area contributed by atoms with E-state index in [1.165, 1.54) is 0 Å². The third kappa shape index (κ3) is 2.80. The summed E-state index contributed by atoms with van der Waals surface area (Å²) < 4.78 is 0. The molecule has 2 rings (SSSR count).